The van der Waals surface area contributed by atoms with E-state index < -0.39 is 0 Å². The third-order valence-electron chi connectivity index (χ3n) is 3.04. The van der Waals surface area contributed by atoms with Crippen LogP contribution in [0.2, 0.25) is 5.02 Å². The van der Waals surface area contributed by atoms with Crippen molar-refractivity contribution in [3.8, 4) is 5.75 Å². The van der Waals surface area contributed by atoms with Crippen LogP contribution in [0, 0.1) is 6.92 Å². The lowest BCUT2D eigenvalue weighted by Crippen LogP contribution is -2.08. The number of thioether (sulfide) groups is 1. The lowest BCUT2D eigenvalue weighted by molar-refractivity contribution is 0.318. The number of aromatic nitrogens is 2. The second kappa shape index (κ2) is 8.25. The minimum Gasteiger partial charge on any atom is -0.494 e. The molecule has 0 atom stereocenters. The monoisotopic (exact) mass is 338 g/mol. The smallest absolute Gasteiger partial charge is 0.251 e. The Balaban J connectivity index is 1.76. The van der Waals surface area contributed by atoms with Gasteiger partial charge in [-0.25, -0.2) is 4.98 Å². The third kappa shape index (κ3) is 5.07. The van der Waals surface area contributed by atoms with E-state index in [-0.39, 0.29) is 5.56 Å². The molecule has 118 valence electrons. The number of halogens is 1. The largest absolute Gasteiger partial charge is 0.494 e. The Morgan fingerprint density at radius 1 is 1.36 bits per heavy atom. The molecule has 0 saturated heterocycles. The molecule has 4 nitrogen and oxygen atoms in total. The van der Waals surface area contributed by atoms with Gasteiger partial charge in [0.1, 0.15) is 5.75 Å². The quantitative estimate of drug-likeness (QED) is 0.473. The first-order chi connectivity index (χ1) is 10.6. The summed E-state index contributed by atoms with van der Waals surface area (Å²) >= 11 is 7.60. The zero-order valence-electron chi connectivity index (χ0n) is 12.7. The molecule has 0 spiro atoms. The molecule has 1 aromatic carbocycles. The summed E-state index contributed by atoms with van der Waals surface area (Å²) in [7, 11) is 0. The van der Waals surface area contributed by atoms with Crippen LogP contribution in [0.3, 0.4) is 0 Å². The summed E-state index contributed by atoms with van der Waals surface area (Å²) in [6.45, 7) is 4.50. The average molecular weight is 339 g/mol. The maximum Gasteiger partial charge on any atom is 0.251 e. The maximum absolute atomic E-state index is 11.3. The molecule has 0 aliphatic rings. The number of nitrogens with one attached hydrogen (secondary N) is 1. The number of benzene rings is 1. The Kier molecular flexibility index (Phi) is 6.34. The van der Waals surface area contributed by atoms with Gasteiger partial charge in [0, 0.05) is 22.5 Å². The van der Waals surface area contributed by atoms with Gasteiger partial charge in [0.25, 0.3) is 5.56 Å². The van der Waals surface area contributed by atoms with Gasteiger partial charge in [-0.15, -0.1) is 0 Å². The zero-order valence-corrected chi connectivity index (χ0v) is 14.3. The van der Waals surface area contributed by atoms with Crippen molar-refractivity contribution in [1.29, 1.82) is 0 Å². The second-order valence-corrected chi connectivity index (χ2v) is 6.34. The molecule has 2 rings (SSSR count). The van der Waals surface area contributed by atoms with Crippen LogP contribution in [0.1, 0.15) is 24.6 Å². The van der Waals surface area contributed by atoms with E-state index in [4.69, 9.17) is 16.3 Å². The first-order valence-electron chi connectivity index (χ1n) is 7.20. The Bertz CT molecular complexity index is 688. The Morgan fingerprint density at radius 2 is 2.18 bits per heavy atom. The topological polar surface area (TPSA) is 55.0 Å². The zero-order chi connectivity index (χ0) is 15.9. The van der Waals surface area contributed by atoms with E-state index in [0.717, 1.165) is 40.6 Å². The molecule has 0 amide bonds. The molecule has 1 heterocycles. The molecule has 0 aliphatic carbocycles. The lowest BCUT2D eigenvalue weighted by Gasteiger charge is -2.08. The standard InChI is InChI=1S/C16H19ClN2O2S/c1-3-12-10-13(5-6-14(12)17)21-7-4-8-22-16-18-11(2)9-15(20)19-16/h5-6,9-10H,3-4,7-8H2,1-2H3,(H,18,19,20). The van der Waals surface area contributed by atoms with Crippen molar-refractivity contribution in [3.63, 3.8) is 0 Å². The van der Waals surface area contributed by atoms with Crippen molar-refractivity contribution in [2.75, 3.05) is 12.4 Å². The van der Waals surface area contributed by atoms with Crippen LogP contribution in [0.5, 0.6) is 5.75 Å². The summed E-state index contributed by atoms with van der Waals surface area (Å²) in [5.41, 5.74) is 1.71. The van der Waals surface area contributed by atoms with Gasteiger partial charge in [-0.3, -0.25) is 4.79 Å². The van der Waals surface area contributed by atoms with Gasteiger partial charge in [-0.05, 0) is 43.5 Å². The van der Waals surface area contributed by atoms with Crippen LogP contribution < -0.4 is 10.3 Å². The molecule has 0 radical (unpaired) electrons. The van der Waals surface area contributed by atoms with Crippen molar-refractivity contribution in [2.45, 2.75) is 31.8 Å². The summed E-state index contributed by atoms with van der Waals surface area (Å²) in [5, 5.41) is 1.43. The maximum atomic E-state index is 11.3. The fraction of sp³-hybridized carbons (Fsp3) is 0.375. The van der Waals surface area contributed by atoms with Gasteiger partial charge in [-0.1, -0.05) is 30.3 Å². The number of ether oxygens (including phenoxy) is 1. The summed E-state index contributed by atoms with van der Waals surface area (Å²) in [4.78, 5) is 18.3. The van der Waals surface area contributed by atoms with Crippen LogP contribution in [0.25, 0.3) is 0 Å². The number of rotatable bonds is 7. The molecule has 2 aromatic rings. The van der Waals surface area contributed by atoms with Crippen molar-refractivity contribution >= 4 is 23.4 Å². The fourth-order valence-corrected chi connectivity index (χ4v) is 3.04. The summed E-state index contributed by atoms with van der Waals surface area (Å²) in [5.74, 6) is 1.67. The number of hydrogen-bond donors (Lipinski definition) is 1. The summed E-state index contributed by atoms with van der Waals surface area (Å²) < 4.78 is 5.72. The number of aryl methyl sites for hydroxylation is 2. The van der Waals surface area contributed by atoms with Crippen LogP contribution in [0.4, 0.5) is 0 Å². The van der Waals surface area contributed by atoms with E-state index in [2.05, 4.69) is 16.9 Å². The molecule has 0 aliphatic heterocycles. The average Bonchev–Trinajstić information content (AvgIpc) is 2.47. The summed E-state index contributed by atoms with van der Waals surface area (Å²) in [6.07, 6.45) is 1.75. The summed E-state index contributed by atoms with van der Waals surface area (Å²) in [6, 6.07) is 7.22. The van der Waals surface area contributed by atoms with Gasteiger partial charge in [0.2, 0.25) is 0 Å². The minimum atomic E-state index is -0.112. The Morgan fingerprint density at radius 3 is 2.91 bits per heavy atom. The van der Waals surface area contributed by atoms with Gasteiger partial charge in [0.05, 0.1) is 6.61 Å². The molecular formula is C16H19ClN2O2S. The SMILES string of the molecule is CCc1cc(OCCCSc2nc(C)cc(=O)[nH]2)ccc1Cl. The predicted octanol–water partition coefficient (Wildman–Crippen LogP) is 3.86. The fourth-order valence-electron chi connectivity index (χ4n) is 1.95. The molecule has 0 fully saturated rings. The van der Waals surface area contributed by atoms with Crippen LogP contribution in [-0.2, 0) is 6.42 Å². The van der Waals surface area contributed by atoms with E-state index in [9.17, 15) is 4.79 Å². The highest BCUT2D eigenvalue weighted by molar-refractivity contribution is 7.99. The first kappa shape index (κ1) is 16.9. The van der Waals surface area contributed by atoms with Gasteiger partial charge < -0.3 is 9.72 Å². The van der Waals surface area contributed by atoms with Gasteiger partial charge in [0.15, 0.2) is 5.16 Å². The highest BCUT2D eigenvalue weighted by Crippen LogP contribution is 2.22. The normalized spacial score (nSPS) is 10.7. The third-order valence-corrected chi connectivity index (χ3v) is 4.37. The molecule has 22 heavy (non-hydrogen) atoms. The number of aromatic amines is 1. The molecule has 6 heteroatoms. The molecule has 0 bridgehead atoms. The van der Waals surface area contributed by atoms with Gasteiger partial charge in [-0.2, -0.15) is 0 Å². The molecule has 0 unspecified atom stereocenters. The Hall–Kier alpha value is -1.46. The van der Waals surface area contributed by atoms with E-state index >= 15 is 0 Å². The minimum absolute atomic E-state index is 0.112. The van der Waals surface area contributed by atoms with E-state index in [1.54, 1.807) is 0 Å². The lowest BCUT2D eigenvalue weighted by atomic mass is 10.1. The van der Waals surface area contributed by atoms with Crippen molar-refractivity contribution in [3.05, 3.63) is 50.9 Å². The molecule has 0 saturated carbocycles. The van der Waals surface area contributed by atoms with Gasteiger partial charge >= 0.3 is 0 Å². The highest BCUT2D eigenvalue weighted by atomic mass is 35.5. The second-order valence-electron chi connectivity index (χ2n) is 4.85. The van der Waals surface area contributed by atoms with E-state index in [1.807, 2.05) is 25.1 Å². The van der Waals surface area contributed by atoms with Crippen LogP contribution in [0.15, 0.2) is 34.2 Å². The first-order valence-corrected chi connectivity index (χ1v) is 8.57. The molecule has 1 N–H and O–H groups in total. The number of hydrogen-bond acceptors (Lipinski definition) is 4. The predicted molar refractivity (Wildman–Crippen MR) is 91.3 cm³/mol. The van der Waals surface area contributed by atoms with Crippen LogP contribution in [-0.4, -0.2) is 22.3 Å². The Labute approximate surface area is 139 Å². The van der Waals surface area contributed by atoms with E-state index in [0.29, 0.717) is 11.8 Å². The molecule has 1 aromatic heterocycles. The van der Waals surface area contributed by atoms with Crippen molar-refractivity contribution in [1.82, 2.24) is 9.97 Å². The molecular weight excluding hydrogens is 320 g/mol. The van der Waals surface area contributed by atoms with Crippen molar-refractivity contribution < 1.29 is 4.74 Å². The highest BCUT2D eigenvalue weighted by Gasteiger charge is 2.02. The van der Waals surface area contributed by atoms with E-state index in [1.165, 1.54) is 17.8 Å². The number of nitrogens with zero attached hydrogens (tertiary/aromatic N) is 1. The van der Waals surface area contributed by atoms with Crippen LogP contribution >= 0.6 is 23.4 Å². The van der Waals surface area contributed by atoms with Crippen molar-refractivity contribution in [2.24, 2.45) is 0 Å². The number of H-pyrrole nitrogens is 1.